The number of nitrogens with two attached hydrogens (primary N) is 1. The Kier molecular flexibility index (Phi) is 4.88. The molecule has 5 nitrogen and oxygen atoms in total. The number of nitrogens with zero attached hydrogens (tertiary/aromatic N) is 3. The summed E-state index contributed by atoms with van der Waals surface area (Å²) in [5.74, 6) is -0.00686. The number of carbonyl (C=O) groups is 1. The van der Waals surface area contributed by atoms with Crippen molar-refractivity contribution in [1.82, 2.24) is 14.7 Å². The maximum absolute atomic E-state index is 13.3. The van der Waals surface area contributed by atoms with Crippen molar-refractivity contribution in [2.75, 3.05) is 19.6 Å². The van der Waals surface area contributed by atoms with Crippen LogP contribution >= 0.6 is 11.6 Å². The van der Waals surface area contributed by atoms with Crippen molar-refractivity contribution >= 4 is 17.5 Å². The summed E-state index contributed by atoms with van der Waals surface area (Å²) in [4.78, 5) is 15.2. The van der Waals surface area contributed by atoms with Gasteiger partial charge in [0.2, 0.25) is 0 Å². The quantitative estimate of drug-likeness (QED) is 0.889. The lowest BCUT2D eigenvalue weighted by Crippen LogP contribution is -2.34. The van der Waals surface area contributed by atoms with Crippen LogP contribution < -0.4 is 5.73 Å². The number of aromatic nitrogens is 2. The standard InChI is InChI=1S/C20H27ClN4O/c1-19(2,3)25-11-15(17(23-25)14-7-5-6-8-16(14)21)18(26)24-10-9-20(4,12-22)13-24/h5-8,11H,9-10,12-13,22H2,1-4H3. The molecule has 1 saturated heterocycles. The summed E-state index contributed by atoms with van der Waals surface area (Å²) in [5, 5.41) is 5.31. The second kappa shape index (κ2) is 6.71. The molecule has 1 aliphatic rings. The summed E-state index contributed by atoms with van der Waals surface area (Å²) in [6, 6.07) is 7.51. The maximum atomic E-state index is 13.3. The van der Waals surface area contributed by atoms with Gasteiger partial charge >= 0.3 is 0 Å². The third kappa shape index (κ3) is 3.51. The van der Waals surface area contributed by atoms with Gasteiger partial charge in [0, 0.05) is 24.8 Å². The normalized spacial score (nSPS) is 20.6. The minimum absolute atomic E-state index is 0.00686. The van der Waals surface area contributed by atoms with Crippen LogP contribution in [0.3, 0.4) is 0 Å². The Labute approximate surface area is 160 Å². The van der Waals surface area contributed by atoms with Crippen molar-refractivity contribution in [1.29, 1.82) is 0 Å². The van der Waals surface area contributed by atoms with E-state index in [1.165, 1.54) is 0 Å². The maximum Gasteiger partial charge on any atom is 0.257 e. The van der Waals surface area contributed by atoms with E-state index >= 15 is 0 Å². The summed E-state index contributed by atoms with van der Waals surface area (Å²) >= 11 is 6.40. The number of amides is 1. The molecule has 2 heterocycles. The lowest BCUT2D eigenvalue weighted by molar-refractivity contribution is 0.0777. The number of halogens is 1. The first-order chi connectivity index (χ1) is 12.1. The second-order valence-corrected chi connectivity index (χ2v) is 8.89. The van der Waals surface area contributed by atoms with Crippen LogP contribution in [-0.2, 0) is 5.54 Å². The van der Waals surface area contributed by atoms with Crippen LogP contribution in [0.4, 0.5) is 0 Å². The van der Waals surface area contributed by atoms with Gasteiger partial charge in [0.25, 0.3) is 5.91 Å². The lowest BCUT2D eigenvalue weighted by atomic mass is 9.90. The highest BCUT2D eigenvalue weighted by Gasteiger charge is 2.37. The molecule has 0 spiro atoms. The third-order valence-electron chi connectivity index (χ3n) is 5.10. The number of likely N-dealkylation sites (tertiary alicyclic amines) is 1. The van der Waals surface area contributed by atoms with Gasteiger partial charge in [-0.05, 0) is 45.2 Å². The average Bonchev–Trinajstić information content (AvgIpc) is 3.19. The van der Waals surface area contributed by atoms with Crippen molar-refractivity contribution in [3.8, 4) is 11.3 Å². The zero-order valence-corrected chi connectivity index (χ0v) is 16.7. The van der Waals surface area contributed by atoms with Gasteiger partial charge in [-0.3, -0.25) is 9.48 Å². The first kappa shape index (κ1) is 18.9. The van der Waals surface area contributed by atoms with Gasteiger partial charge in [0.1, 0.15) is 5.69 Å². The molecule has 2 N–H and O–H groups in total. The Balaban J connectivity index is 2.05. The van der Waals surface area contributed by atoms with Gasteiger partial charge in [0.15, 0.2) is 0 Å². The van der Waals surface area contributed by atoms with Crippen LogP contribution in [0.5, 0.6) is 0 Å². The van der Waals surface area contributed by atoms with E-state index in [9.17, 15) is 4.79 Å². The molecule has 1 aliphatic heterocycles. The van der Waals surface area contributed by atoms with Crippen molar-refractivity contribution in [3.05, 3.63) is 41.0 Å². The molecular formula is C20H27ClN4O. The number of hydrogen-bond acceptors (Lipinski definition) is 3. The summed E-state index contributed by atoms with van der Waals surface area (Å²) in [7, 11) is 0. The molecule has 1 unspecified atom stereocenters. The van der Waals surface area contributed by atoms with Gasteiger partial charge < -0.3 is 10.6 Å². The number of carbonyl (C=O) groups excluding carboxylic acids is 1. The van der Waals surface area contributed by atoms with Gasteiger partial charge in [-0.15, -0.1) is 0 Å². The zero-order valence-electron chi connectivity index (χ0n) is 15.9. The van der Waals surface area contributed by atoms with Crippen LogP contribution in [-0.4, -0.2) is 40.2 Å². The van der Waals surface area contributed by atoms with Crippen LogP contribution in [0, 0.1) is 5.41 Å². The van der Waals surface area contributed by atoms with Crippen LogP contribution in [0.2, 0.25) is 5.02 Å². The Morgan fingerprint density at radius 2 is 2.04 bits per heavy atom. The van der Waals surface area contributed by atoms with E-state index in [4.69, 9.17) is 22.4 Å². The fourth-order valence-corrected chi connectivity index (χ4v) is 3.49. The predicted molar refractivity (Wildman–Crippen MR) is 105 cm³/mol. The van der Waals surface area contributed by atoms with Crippen LogP contribution in [0.25, 0.3) is 11.3 Å². The van der Waals surface area contributed by atoms with Crippen molar-refractivity contribution in [3.63, 3.8) is 0 Å². The molecule has 140 valence electrons. The molecule has 0 radical (unpaired) electrons. The molecule has 1 amide bonds. The smallest absolute Gasteiger partial charge is 0.257 e. The fourth-order valence-electron chi connectivity index (χ4n) is 3.26. The third-order valence-corrected chi connectivity index (χ3v) is 5.43. The molecular weight excluding hydrogens is 348 g/mol. The highest BCUT2D eigenvalue weighted by Crippen LogP contribution is 2.34. The van der Waals surface area contributed by atoms with Gasteiger partial charge in [-0.2, -0.15) is 5.10 Å². The van der Waals surface area contributed by atoms with E-state index < -0.39 is 0 Å². The first-order valence-electron chi connectivity index (χ1n) is 8.99. The summed E-state index contributed by atoms with van der Waals surface area (Å²) in [6.07, 6.45) is 2.77. The first-order valence-corrected chi connectivity index (χ1v) is 9.37. The molecule has 6 heteroatoms. The Morgan fingerprint density at radius 1 is 1.35 bits per heavy atom. The van der Waals surface area contributed by atoms with Crippen molar-refractivity contribution in [2.24, 2.45) is 11.1 Å². The summed E-state index contributed by atoms with van der Waals surface area (Å²) < 4.78 is 1.84. The average molecular weight is 375 g/mol. The Bertz CT molecular complexity index is 823. The molecule has 0 saturated carbocycles. The Hall–Kier alpha value is -1.85. The molecule has 2 aromatic rings. The molecule has 1 fully saturated rings. The second-order valence-electron chi connectivity index (χ2n) is 8.48. The topological polar surface area (TPSA) is 64.2 Å². The molecule has 1 aromatic carbocycles. The highest BCUT2D eigenvalue weighted by molar-refractivity contribution is 6.33. The predicted octanol–water partition coefficient (Wildman–Crippen LogP) is 3.77. The van der Waals surface area contributed by atoms with Gasteiger partial charge in [0.05, 0.1) is 16.1 Å². The largest absolute Gasteiger partial charge is 0.338 e. The lowest BCUT2D eigenvalue weighted by Gasteiger charge is -2.22. The van der Waals surface area contributed by atoms with E-state index in [0.717, 1.165) is 18.5 Å². The molecule has 0 aliphatic carbocycles. The van der Waals surface area contributed by atoms with Crippen molar-refractivity contribution < 1.29 is 4.79 Å². The highest BCUT2D eigenvalue weighted by atomic mass is 35.5. The molecule has 0 bridgehead atoms. The van der Waals surface area contributed by atoms with E-state index in [-0.39, 0.29) is 16.9 Å². The van der Waals surface area contributed by atoms with E-state index in [2.05, 4.69) is 27.7 Å². The molecule has 1 atom stereocenters. The number of rotatable bonds is 3. The molecule has 26 heavy (non-hydrogen) atoms. The minimum atomic E-state index is -0.231. The Morgan fingerprint density at radius 3 is 2.62 bits per heavy atom. The zero-order chi connectivity index (χ0) is 19.1. The molecule has 3 rings (SSSR count). The molecule has 1 aromatic heterocycles. The van der Waals surface area contributed by atoms with E-state index in [1.807, 2.05) is 40.0 Å². The summed E-state index contributed by atoms with van der Waals surface area (Å²) in [6.45, 7) is 10.3. The number of benzene rings is 1. The van der Waals surface area contributed by atoms with Crippen LogP contribution in [0.1, 0.15) is 44.5 Å². The number of hydrogen-bond donors (Lipinski definition) is 1. The summed E-state index contributed by atoms with van der Waals surface area (Å²) in [5.41, 5.74) is 7.66. The fraction of sp³-hybridized carbons (Fsp3) is 0.500. The minimum Gasteiger partial charge on any atom is -0.338 e. The van der Waals surface area contributed by atoms with E-state index in [1.54, 1.807) is 0 Å². The SMILES string of the molecule is CC1(CN)CCN(C(=O)c2cn(C(C)(C)C)nc2-c2ccccc2Cl)C1. The van der Waals surface area contributed by atoms with Gasteiger partial charge in [-0.1, -0.05) is 36.7 Å². The van der Waals surface area contributed by atoms with E-state index in [0.29, 0.717) is 29.4 Å². The monoisotopic (exact) mass is 374 g/mol. The van der Waals surface area contributed by atoms with Crippen molar-refractivity contribution in [2.45, 2.75) is 39.7 Å². The van der Waals surface area contributed by atoms with Gasteiger partial charge in [-0.25, -0.2) is 0 Å². The van der Waals surface area contributed by atoms with Crippen LogP contribution in [0.15, 0.2) is 30.5 Å².